The number of rotatable bonds is 2. The topological polar surface area (TPSA) is 26.0 Å². The van der Waals surface area contributed by atoms with E-state index < -0.39 is 0 Å². The summed E-state index contributed by atoms with van der Waals surface area (Å²) in [6.07, 6.45) is 4.95. The van der Waals surface area contributed by atoms with Crippen molar-refractivity contribution in [1.29, 1.82) is 0 Å². The van der Waals surface area contributed by atoms with Crippen molar-refractivity contribution < 1.29 is 0 Å². The van der Waals surface area contributed by atoms with Crippen molar-refractivity contribution in [2.45, 2.75) is 31.6 Å². The third kappa shape index (κ3) is 2.53. The number of nitrogens with two attached hydrogens (primary N) is 1. The molecule has 88 valence electrons. The van der Waals surface area contributed by atoms with Gasteiger partial charge in [0.2, 0.25) is 0 Å². The van der Waals surface area contributed by atoms with Crippen molar-refractivity contribution in [2.24, 2.45) is 11.7 Å². The van der Waals surface area contributed by atoms with E-state index in [-0.39, 0.29) is 0 Å². The first-order chi connectivity index (χ1) is 7.72. The molecule has 0 bridgehead atoms. The van der Waals surface area contributed by atoms with E-state index in [0.717, 1.165) is 16.6 Å². The van der Waals surface area contributed by atoms with Gasteiger partial charge < -0.3 is 5.73 Å². The molecule has 1 aliphatic rings. The minimum atomic E-state index is 0.491. The Morgan fingerprint density at radius 3 is 2.69 bits per heavy atom. The average Bonchev–Trinajstić information content (AvgIpc) is 2.32. The van der Waals surface area contributed by atoms with Crippen LogP contribution in [0.2, 0.25) is 10.0 Å². The predicted molar refractivity (Wildman–Crippen MR) is 70.2 cm³/mol. The maximum atomic E-state index is 6.25. The van der Waals surface area contributed by atoms with Crippen molar-refractivity contribution in [3.8, 4) is 0 Å². The molecule has 1 aromatic carbocycles. The lowest BCUT2D eigenvalue weighted by Crippen LogP contribution is -2.25. The highest BCUT2D eigenvalue weighted by Crippen LogP contribution is 2.40. The zero-order valence-electron chi connectivity index (χ0n) is 9.26. The van der Waals surface area contributed by atoms with Crippen LogP contribution in [0, 0.1) is 5.92 Å². The van der Waals surface area contributed by atoms with Crippen LogP contribution in [0.25, 0.3) is 0 Å². The first kappa shape index (κ1) is 12.2. The van der Waals surface area contributed by atoms with Gasteiger partial charge in [-0.3, -0.25) is 0 Å². The summed E-state index contributed by atoms with van der Waals surface area (Å²) < 4.78 is 0. The summed E-state index contributed by atoms with van der Waals surface area (Å²) in [4.78, 5) is 0. The van der Waals surface area contributed by atoms with Gasteiger partial charge in [0.1, 0.15) is 0 Å². The standard InChI is InChI=1S/C13H17Cl2N/c14-10-5-6-13(15)12(7-10)11-4-2-1-3-9(11)8-16/h5-7,9,11H,1-4,8,16H2. The van der Waals surface area contributed by atoms with Crippen LogP contribution in [0.3, 0.4) is 0 Å². The zero-order valence-corrected chi connectivity index (χ0v) is 10.8. The van der Waals surface area contributed by atoms with Gasteiger partial charge in [-0.05, 0) is 55.0 Å². The Morgan fingerprint density at radius 2 is 1.94 bits per heavy atom. The van der Waals surface area contributed by atoms with Crippen LogP contribution in [-0.4, -0.2) is 6.54 Å². The maximum absolute atomic E-state index is 6.25. The van der Waals surface area contributed by atoms with E-state index in [0.29, 0.717) is 11.8 Å². The average molecular weight is 258 g/mol. The summed E-state index contributed by atoms with van der Waals surface area (Å²) in [5.41, 5.74) is 7.03. The van der Waals surface area contributed by atoms with Crippen LogP contribution >= 0.6 is 23.2 Å². The Kier molecular flexibility index (Phi) is 4.12. The molecule has 16 heavy (non-hydrogen) atoms. The lowest BCUT2D eigenvalue weighted by atomic mass is 9.75. The second-order valence-electron chi connectivity index (χ2n) is 4.55. The van der Waals surface area contributed by atoms with Crippen molar-refractivity contribution in [3.05, 3.63) is 33.8 Å². The van der Waals surface area contributed by atoms with Gasteiger partial charge in [-0.2, -0.15) is 0 Å². The molecule has 0 aromatic heterocycles. The lowest BCUT2D eigenvalue weighted by molar-refractivity contribution is 0.314. The number of benzene rings is 1. The molecule has 2 rings (SSSR count). The largest absolute Gasteiger partial charge is 0.330 e. The third-order valence-electron chi connectivity index (χ3n) is 3.57. The van der Waals surface area contributed by atoms with Crippen LogP contribution in [-0.2, 0) is 0 Å². The van der Waals surface area contributed by atoms with Gasteiger partial charge in [-0.15, -0.1) is 0 Å². The molecule has 3 heteroatoms. The van der Waals surface area contributed by atoms with Crippen LogP contribution < -0.4 is 5.73 Å². The molecule has 1 aliphatic carbocycles. The number of hydrogen-bond donors (Lipinski definition) is 1. The maximum Gasteiger partial charge on any atom is 0.0441 e. The van der Waals surface area contributed by atoms with Gasteiger partial charge in [0.15, 0.2) is 0 Å². The zero-order chi connectivity index (χ0) is 11.5. The summed E-state index contributed by atoms with van der Waals surface area (Å²) in [7, 11) is 0. The minimum Gasteiger partial charge on any atom is -0.330 e. The van der Waals surface area contributed by atoms with E-state index in [1.165, 1.54) is 31.2 Å². The van der Waals surface area contributed by atoms with Crippen molar-refractivity contribution in [3.63, 3.8) is 0 Å². The molecule has 2 atom stereocenters. The molecule has 1 aromatic rings. The first-order valence-corrected chi connectivity index (χ1v) is 6.63. The van der Waals surface area contributed by atoms with Gasteiger partial charge in [0, 0.05) is 10.0 Å². The molecule has 0 saturated heterocycles. The Balaban J connectivity index is 2.30. The van der Waals surface area contributed by atoms with Gasteiger partial charge >= 0.3 is 0 Å². The normalized spacial score (nSPS) is 25.7. The van der Waals surface area contributed by atoms with Gasteiger partial charge in [-0.1, -0.05) is 36.0 Å². The highest BCUT2D eigenvalue weighted by atomic mass is 35.5. The fourth-order valence-electron chi connectivity index (χ4n) is 2.70. The molecule has 0 amide bonds. The van der Waals surface area contributed by atoms with Crippen LogP contribution in [0.5, 0.6) is 0 Å². The first-order valence-electron chi connectivity index (χ1n) is 5.87. The molecule has 1 fully saturated rings. The van der Waals surface area contributed by atoms with Gasteiger partial charge in [0.25, 0.3) is 0 Å². The smallest absolute Gasteiger partial charge is 0.0441 e. The van der Waals surface area contributed by atoms with Gasteiger partial charge in [0.05, 0.1) is 0 Å². The quantitative estimate of drug-likeness (QED) is 0.844. The van der Waals surface area contributed by atoms with Crippen LogP contribution in [0.1, 0.15) is 37.2 Å². The molecule has 1 nitrogen and oxygen atoms in total. The summed E-state index contributed by atoms with van der Waals surface area (Å²) in [6, 6.07) is 5.73. The number of hydrogen-bond acceptors (Lipinski definition) is 1. The summed E-state index contributed by atoms with van der Waals surface area (Å²) >= 11 is 12.3. The Labute approximate surface area is 107 Å². The fourth-order valence-corrected chi connectivity index (χ4v) is 3.14. The fraction of sp³-hybridized carbons (Fsp3) is 0.538. The van der Waals surface area contributed by atoms with E-state index >= 15 is 0 Å². The Morgan fingerprint density at radius 1 is 1.19 bits per heavy atom. The van der Waals surface area contributed by atoms with Crippen molar-refractivity contribution in [1.82, 2.24) is 0 Å². The summed E-state index contributed by atoms with van der Waals surface area (Å²) in [6.45, 7) is 0.744. The molecule has 2 N–H and O–H groups in total. The molecule has 0 aliphatic heterocycles. The molecule has 0 radical (unpaired) electrons. The van der Waals surface area contributed by atoms with Crippen LogP contribution in [0.15, 0.2) is 18.2 Å². The van der Waals surface area contributed by atoms with Crippen molar-refractivity contribution in [2.75, 3.05) is 6.54 Å². The lowest BCUT2D eigenvalue weighted by Gasteiger charge is -2.31. The summed E-state index contributed by atoms with van der Waals surface area (Å²) in [5.74, 6) is 1.05. The third-order valence-corrected chi connectivity index (χ3v) is 4.15. The van der Waals surface area contributed by atoms with Crippen molar-refractivity contribution >= 4 is 23.2 Å². The van der Waals surface area contributed by atoms with E-state index in [1.807, 2.05) is 18.2 Å². The Bertz CT molecular complexity index is 365. The van der Waals surface area contributed by atoms with Crippen LogP contribution in [0.4, 0.5) is 0 Å². The highest BCUT2D eigenvalue weighted by molar-refractivity contribution is 6.33. The molecule has 2 unspecified atom stereocenters. The summed E-state index contributed by atoms with van der Waals surface area (Å²) in [5, 5.41) is 1.59. The molecule has 0 heterocycles. The minimum absolute atomic E-state index is 0.491. The van der Waals surface area contributed by atoms with E-state index in [1.54, 1.807) is 0 Å². The molecular formula is C13H17Cl2N. The monoisotopic (exact) mass is 257 g/mol. The Hall–Kier alpha value is -0.240. The highest BCUT2D eigenvalue weighted by Gasteiger charge is 2.26. The molecule has 0 spiro atoms. The van der Waals surface area contributed by atoms with Gasteiger partial charge in [-0.25, -0.2) is 0 Å². The second kappa shape index (κ2) is 5.39. The second-order valence-corrected chi connectivity index (χ2v) is 5.40. The molecule has 1 saturated carbocycles. The van der Waals surface area contributed by atoms with E-state index in [4.69, 9.17) is 28.9 Å². The molecular weight excluding hydrogens is 241 g/mol. The van der Waals surface area contributed by atoms with E-state index in [9.17, 15) is 0 Å². The number of halogens is 2. The van der Waals surface area contributed by atoms with E-state index in [2.05, 4.69) is 0 Å². The SMILES string of the molecule is NCC1CCCCC1c1cc(Cl)ccc1Cl. The predicted octanol–water partition coefficient (Wildman–Crippen LogP) is 4.23.